The van der Waals surface area contributed by atoms with Crippen molar-refractivity contribution in [3.8, 4) is 11.5 Å². The zero-order valence-electron chi connectivity index (χ0n) is 19.5. The number of methoxy groups -OCH3 is 2. The van der Waals surface area contributed by atoms with Gasteiger partial charge in [-0.05, 0) is 48.0 Å². The summed E-state index contributed by atoms with van der Waals surface area (Å²) < 4.78 is 79.2. The van der Waals surface area contributed by atoms with E-state index in [9.17, 15) is 26.4 Å². The minimum Gasteiger partial charge on any atom is -0.496 e. The van der Waals surface area contributed by atoms with Crippen molar-refractivity contribution in [3.05, 3.63) is 89.5 Å². The number of para-hydroxylation sites is 1. The van der Waals surface area contributed by atoms with Crippen molar-refractivity contribution in [1.82, 2.24) is 4.90 Å². The number of rotatable bonds is 10. The van der Waals surface area contributed by atoms with Gasteiger partial charge in [0.1, 0.15) is 16.4 Å². The molecule has 0 radical (unpaired) electrons. The minimum atomic E-state index is -4.69. The predicted octanol–water partition coefficient (Wildman–Crippen LogP) is 4.77. The lowest BCUT2D eigenvalue weighted by atomic mass is 10.1. The highest BCUT2D eigenvalue weighted by atomic mass is 32.2. The van der Waals surface area contributed by atoms with E-state index in [1.165, 1.54) is 26.4 Å². The molecule has 11 heteroatoms. The molecule has 0 bridgehead atoms. The fourth-order valence-electron chi connectivity index (χ4n) is 3.32. The Morgan fingerprint density at radius 1 is 0.944 bits per heavy atom. The number of hydrogen-bond donors (Lipinski definition) is 0. The van der Waals surface area contributed by atoms with Gasteiger partial charge in [-0.1, -0.05) is 30.3 Å². The number of carbonyl (C=O) groups is 1. The summed E-state index contributed by atoms with van der Waals surface area (Å²) in [5, 5.41) is 0. The first-order valence-electron chi connectivity index (χ1n) is 10.7. The average Bonchev–Trinajstić information content (AvgIpc) is 2.86. The van der Waals surface area contributed by atoms with Gasteiger partial charge in [-0.2, -0.15) is 21.6 Å². The smallest absolute Gasteiger partial charge is 0.416 e. The summed E-state index contributed by atoms with van der Waals surface area (Å²) in [6.45, 7) is 0.758. The van der Waals surface area contributed by atoms with E-state index in [2.05, 4.69) is 0 Å². The molecule has 0 unspecified atom stereocenters. The molecule has 1 amide bonds. The molecule has 3 aromatic carbocycles. The van der Waals surface area contributed by atoms with Crippen LogP contribution in [-0.2, 0) is 27.6 Å². The van der Waals surface area contributed by atoms with Crippen molar-refractivity contribution >= 4 is 16.0 Å². The Kier molecular flexibility index (Phi) is 8.59. The van der Waals surface area contributed by atoms with Gasteiger partial charge in [0.25, 0.3) is 5.91 Å². The summed E-state index contributed by atoms with van der Waals surface area (Å²) in [6.07, 6.45) is -4.69. The number of carbonyl (C=O) groups excluding carboxylic acids is 1. The first-order valence-corrected chi connectivity index (χ1v) is 12.1. The molecule has 0 N–H and O–H groups in total. The van der Waals surface area contributed by atoms with Crippen molar-refractivity contribution < 1.29 is 40.0 Å². The third kappa shape index (κ3) is 6.76. The standard InChI is InChI=1S/C25H24F3NO6S/c1-33-15-14-29(24(30)22-8-3-4-9-23(22)34-2)17-18-10-12-20(13-11-18)35-36(31,32)21-7-5-6-19(16-21)25(26,27)28/h3-13,16H,14-15,17H2,1-2H3. The zero-order chi connectivity index (χ0) is 26.3. The topological polar surface area (TPSA) is 82.1 Å². The van der Waals surface area contributed by atoms with Crippen molar-refractivity contribution in [2.75, 3.05) is 27.4 Å². The Labute approximate surface area is 207 Å². The minimum absolute atomic E-state index is 0.0874. The fraction of sp³-hybridized carbons (Fsp3) is 0.240. The van der Waals surface area contributed by atoms with Gasteiger partial charge in [0, 0.05) is 20.2 Å². The first-order chi connectivity index (χ1) is 17.0. The second-order valence-electron chi connectivity index (χ2n) is 7.63. The molecule has 0 aromatic heterocycles. The highest BCUT2D eigenvalue weighted by Gasteiger charge is 2.32. The van der Waals surface area contributed by atoms with Crippen LogP contribution in [0.3, 0.4) is 0 Å². The Morgan fingerprint density at radius 2 is 1.64 bits per heavy atom. The number of ether oxygens (including phenoxy) is 2. The van der Waals surface area contributed by atoms with Crippen LogP contribution in [0.25, 0.3) is 0 Å². The third-order valence-corrected chi connectivity index (χ3v) is 6.39. The normalized spacial score (nSPS) is 11.7. The maximum atomic E-state index is 13.2. The van der Waals surface area contributed by atoms with Crippen LogP contribution in [-0.4, -0.2) is 46.6 Å². The van der Waals surface area contributed by atoms with Crippen molar-refractivity contribution in [1.29, 1.82) is 0 Å². The maximum absolute atomic E-state index is 13.2. The molecule has 0 spiro atoms. The summed E-state index contributed by atoms with van der Waals surface area (Å²) in [5.41, 5.74) is -0.0557. The lowest BCUT2D eigenvalue weighted by Crippen LogP contribution is -2.33. The zero-order valence-corrected chi connectivity index (χ0v) is 20.3. The fourth-order valence-corrected chi connectivity index (χ4v) is 4.30. The Hall–Kier alpha value is -3.57. The molecular formula is C25H24F3NO6S. The van der Waals surface area contributed by atoms with Gasteiger partial charge in [-0.3, -0.25) is 4.79 Å². The Balaban J connectivity index is 1.77. The third-order valence-electron chi connectivity index (χ3n) is 5.14. The molecule has 36 heavy (non-hydrogen) atoms. The Bertz CT molecular complexity index is 1290. The van der Waals surface area contributed by atoms with E-state index in [4.69, 9.17) is 13.7 Å². The first kappa shape index (κ1) is 27.0. The van der Waals surface area contributed by atoms with Crippen LogP contribution in [0.2, 0.25) is 0 Å². The second kappa shape index (κ2) is 11.4. The largest absolute Gasteiger partial charge is 0.496 e. The highest BCUT2D eigenvalue weighted by Crippen LogP contribution is 2.31. The lowest BCUT2D eigenvalue weighted by Gasteiger charge is -2.23. The van der Waals surface area contributed by atoms with Gasteiger partial charge in [-0.25, -0.2) is 0 Å². The number of alkyl halides is 3. The lowest BCUT2D eigenvalue weighted by molar-refractivity contribution is -0.137. The van der Waals surface area contributed by atoms with E-state index in [0.29, 0.717) is 22.9 Å². The summed E-state index contributed by atoms with van der Waals surface area (Å²) in [4.78, 5) is 14.1. The van der Waals surface area contributed by atoms with E-state index < -0.39 is 26.8 Å². The van der Waals surface area contributed by atoms with E-state index >= 15 is 0 Å². The molecule has 0 atom stereocenters. The highest BCUT2D eigenvalue weighted by molar-refractivity contribution is 7.87. The van der Waals surface area contributed by atoms with Crippen LogP contribution in [0.1, 0.15) is 21.5 Å². The number of benzene rings is 3. The van der Waals surface area contributed by atoms with Crippen LogP contribution >= 0.6 is 0 Å². The molecule has 0 aliphatic carbocycles. The van der Waals surface area contributed by atoms with Gasteiger partial charge >= 0.3 is 16.3 Å². The van der Waals surface area contributed by atoms with Gasteiger partial charge in [0.15, 0.2) is 0 Å². The monoisotopic (exact) mass is 523 g/mol. The molecule has 3 rings (SSSR count). The molecule has 7 nitrogen and oxygen atoms in total. The molecule has 0 aliphatic heterocycles. The van der Waals surface area contributed by atoms with Crippen LogP contribution in [0.4, 0.5) is 13.2 Å². The van der Waals surface area contributed by atoms with Gasteiger partial charge < -0.3 is 18.6 Å². The van der Waals surface area contributed by atoms with Crippen LogP contribution in [0.15, 0.2) is 77.7 Å². The molecule has 3 aromatic rings. The second-order valence-corrected chi connectivity index (χ2v) is 9.17. The molecule has 0 saturated heterocycles. The Morgan fingerprint density at radius 3 is 2.28 bits per heavy atom. The van der Waals surface area contributed by atoms with Gasteiger partial charge in [0.2, 0.25) is 0 Å². The van der Waals surface area contributed by atoms with E-state index in [-0.39, 0.29) is 31.4 Å². The SMILES string of the molecule is COCCN(Cc1ccc(OS(=O)(=O)c2cccc(C(F)(F)F)c2)cc1)C(=O)c1ccccc1OC. The average molecular weight is 524 g/mol. The van der Waals surface area contributed by atoms with Crippen LogP contribution in [0, 0.1) is 0 Å². The van der Waals surface area contributed by atoms with Crippen molar-refractivity contribution in [3.63, 3.8) is 0 Å². The van der Waals surface area contributed by atoms with E-state index in [1.54, 1.807) is 41.3 Å². The van der Waals surface area contributed by atoms with Crippen LogP contribution < -0.4 is 8.92 Å². The molecule has 0 aliphatic rings. The molecule has 0 heterocycles. The van der Waals surface area contributed by atoms with E-state index in [0.717, 1.165) is 18.2 Å². The van der Waals surface area contributed by atoms with Crippen LogP contribution in [0.5, 0.6) is 11.5 Å². The van der Waals surface area contributed by atoms with Gasteiger partial charge in [0.05, 0.1) is 24.8 Å². The number of halogens is 3. The summed E-state index contributed by atoms with van der Waals surface area (Å²) >= 11 is 0. The summed E-state index contributed by atoms with van der Waals surface area (Å²) in [6, 6.07) is 16.0. The number of nitrogens with zero attached hydrogens (tertiary/aromatic N) is 1. The maximum Gasteiger partial charge on any atom is 0.416 e. The summed E-state index contributed by atoms with van der Waals surface area (Å²) in [5.74, 6) is 0.0565. The molecule has 0 fully saturated rings. The molecular weight excluding hydrogens is 499 g/mol. The summed E-state index contributed by atoms with van der Waals surface area (Å²) in [7, 11) is -1.51. The molecule has 0 saturated carbocycles. The van der Waals surface area contributed by atoms with Crippen molar-refractivity contribution in [2.24, 2.45) is 0 Å². The quantitative estimate of drug-likeness (QED) is 0.356. The van der Waals surface area contributed by atoms with Gasteiger partial charge in [-0.15, -0.1) is 0 Å². The van der Waals surface area contributed by atoms with E-state index in [1.807, 2.05) is 0 Å². The number of amides is 1. The predicted molar refractivity (Wildman–Crippen MR) is 125 cm³/mol. The number of hydrogen-bond acceptors (Lipinski definition) is 6. The molecule has 192 valence electrons. The van der Waals surface area contributed by atoms with Crippen molar-refractivity contribution in [2.45, 2.75) is 17.6 Å².